The second kappa shape index (κ2) is 6.25. The Labute approximate surface area is 126 Å². The summed E-state index contributed by atoms with van der Waals surface area (Å²) in [7, 11) is 0. The normalized spacial score (nSPS) is 13.8. The van der Waals surface area contributed by atoms with Gasteiger partial charge in [-0.1, -0.05) is 36.8 Å². The van der Waals surface area contributed by atoms with Gasteiger partial charge in [0.1, 0.15) is 5.82 Å². The number of nitrogens with zero attached hydrogens (tertiary/aromatic N) is 2. The Morgan fingerprint density at radius 3 is 2.57 bits per heavy atom. The summed E-state index contributed by atoms with van der Waals surface area (Å²) in [4.78, 5) is 9.63. The van der Waals surface area contributed by atoms with Crippen LogP contribution in [0.25, 0.3) is 11.4 Å². The van der Waals surface area contributed by atoms with E-state index in [9.17, 15) is 0 Å². The van der Waals surface area contributed by atoms with Crippen LogP contribution in [0.5, 0.6) is 0 Å². The van der Waals surface area contributed by atoms with Gasteiger partial charge in [-0.2, -0.15) is 0 Å². The highest BCUT2D eigenvalue weighted by atomic mass is 15.0. The molecular weight excluding hydrogens is 258 g/mol. The van der Waals surface area contributed by atoms with Crippen LogP contribution in [-0.2, 0) is 12.8 Å². The fourth-order valence-electron chi connectivity index (χ4n) is 2.82. The minimum Gasteiger partial charge on any atom is -0.370 e. The maximum absolute atomic E-state index is 4.83. The van der Waals surface area contributed by atoms with Gasteiger partial charge in [-0.05, 0) is 39.0 Å². The van der Waals surface area contributed by atoms with Crippen LogP contribution >= 0.6 is 0 Å². The molecule has 1 aliphatic rings. The van der Waals surface area contributed by atoms with Gasteiger partial charge in [0.05, 0.1) is 0 Å². The average molecular weight is 281 g/mol. The molecule has 0 spiro atoms. The lowest BCUT2D eigenvalue weighted by Gasteiger charge is -2.19. The molecule has 110 valence electrons. The van der Waals surface area contributed by atoms with Gasteiger partial charge in [-0.3, -0.25) is 0 Å². The third-order valence-electron chi connectivity index (χ3n) is 4.04. The van der Waals surface area contributed by atoms with Crippen molar-refractivity contribution in [2.45, 2.75) is 46.0 Å². The highest BCUT2D eigenvalue weighted by Crippen LogP contribution is 2.28. The average Bonchev–Trinajstić information content (AvgIpc) is 2.53. The van der Waals surface area contributed by atoms with Crippen molar-refractivity contribution < 1.29 is 0 Å². The van der Waals surface area contributed by atoms with E-state index in [0.29, 0.717) is 0 Å². The van der Waals surface area contributed by atoms with Crippen molar-refractivity contribution >= 4 is 5.82 Å². The number of fused-ring (bicyclic) bond motifs is 1. The first-order valence-corrected chi connectivity index (χ1v) is 7.98. The number of benzene rings is 1. The summed E-state index contributed by atoms with van der Waals surface area (Å²) >= 11 is 0. The van der Waals surface area contributed by atoms with Crippen LogP contribution in [0.15, 0.2) is 24.3 Å². The van der Waals surface area contributed by atoms with Crippen molar-refractivity contribution in [3.8, 4) is 11.4 Å². The second-order valence-electron chi connectivity index (χ2n) is 5.82. The maximum Gasteiger partial charge on any atom is 0.161 e. The lowest BCUT2D eigenvalue weighted by Crippen LogP contribution is -2.14. The third kappa shape index (κ3) is 3.07. The summed E-state index contributed by atoms with van der Waals surface area (Å²) in [6.45, 7) is 5.25. The standard InChI is InChI=1S/C18H23N3/c1-3-12-19-18-15-6-4-5-7-16(15)20-17(21-18)14-10-8-13(2)9-11-14/h8-11H,3-7,12H2,1-2H3,(H,19,20,21). The molecule has 0 saturated carbocycles. The van der Waals surface area contributed by atoms with Crippen LogP contribution in [-0.4, -0.2) is 16.5 Å². The third-order valence-corrected chi connectivity index (χ3v) is 4.04. The van der Waals surface area contributed by atoms with E-state index in [1.807, 2.05) is 0 Å². The van der Waals surface area contributed by atoms with E-state index >= 15 is 0 Å². The zero-order valence-corrected chi connectivity index (χ0v) is 12.9. The second-order valence-corrected chi connectivity index (χ2v) is 5.82. The van der Waals surface area contributed by atoms with Crippen molar-refractivity contribution in [3.63, 3.8) is 0 Å². The fraction of sp³-hybridized carbons (Fsp3) is 0.444. The predicted molar refractivity (Wildman–Crippen MR) is 87.6 cm³/mol. The monoisotopic (exact) mass is 281 g/mol. The van der Waals surface area contributed by atoms with Crippen LogP contribution in [0.2, 0.25) is 0 Å². The molecule has 0 unspecified atom stereocenters. The lowest BCUT2D eigenvalue weighted by atomic mass is 9.96. The maximum atomic E-state index is 4.83. The van der Waals surface area contributed by atoms with Gasteiger partial charge in [0.25, 0.3) is 0 Å². The smallest absolute Gasteiger partial charge is 0.161 e. The molecule has 1 aliphatic carbocycles. The summed E-state index contributed by atoms with van der Waals surface area (Å²) in [5.41, 5.74) is 4.95. The summed E-state index contributed by atoms with van der Waals surface area (Å²) in [5, 5.41) is 3.49. The highest BCUT2D eigenvalue weighted by Gasteiger charge is 2.18. The van der Waals surface area contributed by atoms with Crippen LogP contribution in [0, 0.1) is 6.92 Å². The molecule has 21 heavy (non-hydrogen) atoms. The molecule has 1 heterocycles. The molecule has 0 fully saturated rings. The Balaban J connectivity index is 2.02. The molecule has 0 bridgehead atoms. The van der Waals surface area contributed by atoms with E-state index in [-0.39, 0.29) is 0 Å². The molecule has 0 saturated heterocycles. The largest absolute Gasteiger partial charge is 0.370 e. The lowest BCUT2D eigenvalue weighted by molar-refractivity contribution is 0.664. The van der Waals surface area contributed by atoms with Gasteiger partial charge in [-0.15, -0.1) is 0 Å². The molecule has 1 N–H and O–H groups in total. The van der Waals surface area contributed by atoms with E-state index in [2.05, 4.69) is 43.4 Å². The quantitative estimate of drug-likeness (QED) is 0.914. The molecule has 3 rings (SSSR count). The van der Waals surface area contributed by atoms with E-state index in [1.165, 1.54) is 29.7 Å². The van der Waals surface area contributed by atoms with Gasteiger partial charge in [0, 0.05) is 23.4 Å². The summed E-state index contributed by atoms with van der Waals surface area (Å²) in [6, 6.07) is 8.47. The Bertz CT molecular complexity index is 617. The number of aromatic nitrogens is 2. The molecule has 3 heteroatoms. The number of rotatable bonds is 4. The van der Waals surface area contributed by atoms with Gasteiger partial charge in [0.2, 0.25) is 0 Å². The van der Waals surface area contributed by atoms with Crippen LogP contribution in [0.1, 0.15) is 43.0 Å². The van der Waals surface area contributed by atoms with Crippen molar-refractivity contribution in [2.75, 3.05) is 11.9 Å². The van der Waals surface area contributed by atoms with E-state index in [0.717, 1.165) is 43.0 Å². The van der Waals surface area contributed by atoms with Gasteiger partial charge in [0.15, 0.2) is 5.82 Å². The van der Waals surface area contributed by atoms with E-state index in [1.54, 1.807) is 0 Å². The number of nitrogens with one attached hydrogen (secondary N) is 1. The molecule has 0 radical (unpaired) electrons. The van der Waals surface area contributed by atoms with Gasteiger partial charge < -0.3 is 5.32 Å². The highest BCUT2D eigenvalue weighted by molar-refractivity contribution is 5.60. The molecule has 2 aromatic rings. The van der Waals surface area contributed by atoms with Gasteiger partial charge >= 0.3 is 0 Å². The molecule has 1 aromatic carbocycles. The zero-order valence-electron chi connectivity index (χ0n) is 12.9. The minimum atomic E-state index is 0.856. The molecule has 3 nitrogen and oxygen atoms in total. The Morgan fingerprint density at radius 2 is 1.81 bits per heavy atom. The predicted octanol–water partition coefficient (Wildman–Crippen LogP) is 4.15. The van der Waals surface area contributed by atoms with E-state index in [4.69, 9.17) is 9.97 Å². The molecule has 0 amide bonds. The molecule has 0 aliphatic heterocycles. The van der Waals surface area contributed by atoms with Crippen molar-refractivity contribution in [2.24, 2.45) is 0 Å². The summed E-state index contributed by atoms with van der Waals surface area (Å²) in [6.07, 6.45) is 5.79. The Kier molecular flexibility index (Phi) is 4.18. The van der Waals surface area contributed by atoms with Crippen LogP contribution in [0.3, 0.4) is 0 Å². The topological polar surface area (TPSA) is 37.8 Å². The molecule has 1 aromatic heterocycles. The zero-order chi connectivity index (χ0) is 14.7. The Morgan fingerprint density at radius 1 is 1.05 bits per heavy atom. The fourth-order valence-corrected chi connectivity index (χ4v) is 2.82. The summed E-state index contributed by atoms with van der Waals surface area (Å²) in [5.74, 6) is 1.91. The van der Waals surface area contributed by atoms with Crippen molar-refractivity contribution in [3.05, 3.63) is 41.1 Å². The number of aryl methyl sites for hydroxylation is 2. The number of hydrogen-bond acceptors (Lipinski definition) is 3. The summed E-state index contributed by atoms with van der Waals surface area (Å²) < 4.78 is 0. The first-order valence-electron chi connectivity index (χ1n) is 7.98. The van der Waals surface area contributed by atoms with Crippen LogP contribution in [0.4, 0.5) is 5.82 Å². The molecule has 0 atom stereocenters. The SMILES string of the molecule is CCCNc1nc(-c2ccc(C)cc2)nc2c1CCCC2. The molecular formula is C18H23N3. The van der Waals surface area contributed by atoms with Crippen LogP contribution < -0.4 is 5.32 Å². The minimum absolute atomic E-state index is 0.856. The number of anilines is 1. The van der Waals surface area contributed by atoms with Gasteiger partial charge in [-0.25, -0.2) is 9.97 Å². The first-order chi connectivity index (χ1) is 10.3. The number of hydrogen-bond donors (Lipinski definition) is 1. The Hall–Kier alpha value is -1.90. The van der Waals surface area contributed by atoms with Crippen molar-refractivity contribution in [1.82, 2.24) is 9.97 Å². The van der Waals surface area contributed by atoms with Crippen molar-refractivity contribution in [1.29, 1.82) is 0 Å². The first kappa shape index (κ1) is 14.1. The van der Waals surface area contributed by atoms with E-state index < -0.39 is 0 Å².